The van der Waals surface area contributed by atoms with Gasteiger partial charge in [-0.15, -0.1) is 0 Å². The first-order valence-corrected chi connectivity index (χ1v) is 5.57. The number of anilines is 1. The quantitative estimate of drug-likeness (QED) is 0.313. The first-order chi connectivity index (χ1) is 7.82. The summed E-state index contributed by atoms with van der Waals surface area (Å²) in [5.74, 6) is -0.587. The highest BCUT2D eigenvalue weighted by atomic mass is 35.5. The number of hydrogen-bond donors (Lipinski definition) is 5. The van der Waals surface area contributed by atoms with Gasteiger partial charge in [0.1, 0.15) is 0 Å². The first-order valence-electron chi connectivity index (χ1n) is 4.43. The van der Waals surface area contributed by atoms with Crippen LogP contribution >= 0.6 is 34.8 Å². The fraction of sp³-hybridized carbons (Fsp3) is 0.111. The number of benzene rings is 1. The number of hydrogen-bond acceptors (Lipinski definition) is 2. The summed E-state index contributed by atoms with van der Waals surface area (Å²) in [6.07, 6.45) is 0. The minimum atomic E-state index is -0.367. The van der Waals surface area contributed by atoms with E-state index in [4.69, 9.17) is 51.4 Å². The topological polar surface area (TPSA) is 97.8 Å². The Hall–Kier alpha value is -1.17. The van der Waals surface area contributed by atoms with Gasteiger partial charge in [-0.3, -0.25) is 16.1 Å². The van der Waals surface area contributed by atoms with Crippen LogP contribution in [0.15, 0.2) is 6.07 Å². The average Bonchev–Trinajstić information content (AvgIpc) is 2.20. The molecule has 0 heterocycles. The van der Waals surface area contributed by atoms with Crippen LogP contribution in [0.25, 0.3) is 0 Å². The van der Waals surface area contributed by atoms with E-state index in [-0.39, 0.29) is 16.9 Å². The molecule has 6 N–H and O–H groups in total. The van der Waals surface area contributed by atoms with Crippen molar-refractivity contribution >= 4 is 52.4 Å². The van der Waals surface area contributed by atoms with Crippen molar-refractivity contribution < 1.29 is 0 Å². The van der Waals surface area contributed by atoms with Gasteiger partial charge in [0.25, 0.3) is 0 Å². The van der Waals surface area contributed by atoms with Gasteiger partial charge in [0.15, 0.2) is 11.9 Å². The summed E-state index contributed by atoms with van der Waals surface area (Å²) < 4.78 is 0. The maximum absolute atomic E-state index is 7.49. The van der Waals surface area contributed by atoms with Crippen LogP contribution in [-0.2, 0) is 0 Å². The van der Waals surface area contributed by atoms with Crippen LogP contribution in [0.4, 0.5) is 5.69 Å². The van der Waals surface area contributed by atoms with E-state index in [0.29, 0.717) is 15.7 Å². The predicted octanol–water partition coefficient (Wildman–Crippen LogP) is 2.78. The molecule has 1 aromatic rings. The predicted molar refractivity (Wildman–Crippen MR) is 72.6 cm³/mol. The molecule has 5 nitrogen and oxygen atoms in total. The molecular formula is C9H10Cl3N5. The third kappa shape index (κ3) is 3.39. The zero-order chi connectivity index (χ0) is 13.2. The Balaban J connectivity index is 3.06. The lowest BCUT2D eigenvalue weighted by Crippen LogP contribution is -2.39. The molecule has 0 amide bonds. The minimum Gasteiger partial charge on any atom is -0.370 e. The van der Waals surface area contributed by atoms with E-state index in [1.165, 1.54) is 0 Å². The van der Waals surface area contributed by atoms with Gasteiger partial charge in [-0.25, -0.2) is 0 Å². The Morgan fingerprint density at radius 1 is 1.24 bits per heavy atom. The van der Waals surface area contributed by atoms with E-state index in [1.54, 1.807) is 13.0 Å². The molecule has 0 saturated heterocycles. The molecule has 1 rings (SSSR count). The molecule has 8 heteroatoms. The lowest BCUT2D eigenvalue weighted by atomic mass is 10.2. The first kappa shape index (κ1) is 13.9. The number of halogens is 3. The van der Waals surface area contributed by atoms with E-state index >= 15 is 0 Å². The van der Waals surface area contributed by atoms with Crippen LogP contribution < -0.4 is 16.4 Å². The number of nitrogens with one attached hydrogen (secondary N) is 4. The number of nitrogens with two attached hydrogens (primary N) is 1. The molecule has 1 aromatic carbocycles. The normalized spacial score (nSPS) is 9.88. The standard InChI is InChI=1S/C9H10Cl3N5/c1-3-2-4(10)6(12)7(5(3)11)16-9(15)17-8(13)14/h2H,1H3,(H6,13,14,15,16,17). The Labute approximate surface area is 113 Å². The van der Waals surface area contributed by atoms with E-state index < -0.39 is 0 Å². The van der Waals surface area contributed by atoms with Crippen LogP contribution in [0.1, 0.15) is 5.56 Å². The fourth-order valence-corrected chi connectivity index (χ4v) is 1.83. The average molecular weight is 295 g/mol. The van der Waals surface area contributed by atoms with Gasteiger partial charge in [0.05, 0.1) is 20.8 Å². The third-order valence-electron chi connectivity index (χ3n) is 1.85. The molecule has 0 radical (unpaired) electrons. The molecule has 17 heavy (non-hydrogen) atoms. The van der Waals surface area contributed by atoms with Gasteiger partial charge >= 0.3 is 0 Å². The van der Waals surface area contributed by atoms with Crippen molar-refractivity contribution in [1.82, 2.24) is 5.32 Å². The van der Waals surface area contributed by atoms with Crippen LogP contribution in [0, 0.1) is 17.7 Å². The third-order valence-corrected chi connectivity index (χ3v) is 3.12. The maximum Gasteiger partial charge on any atom is 0.199 e. The molecule has 0 aliphatic carbocycles. The highest BCUT2D eigenvalue weighted by Gasteiger charge is 2.14. The van der Waals surface area contributed by atoms with Crippen molar-refractivity contribution in [3.63, 3.8) is 0 Å². The van der Waals surface area contributed by atoms with Crippen molar-refractivity contribution in [3.05, 3.63) is 26.7 Å². The van der Waals surface area contributed by atoms with Crippen molar-refractivity contribution in [1.29, 1.82) is 10.8 Å². The SMILES string of the molecule is Cc1cc(Cl)c(Cl)c(NC(=N)NC(=N)N)c1Cl. The second kappa shape index (κ2) is 5.44. The van der Waals surface area contributed by atoms with Gasteiger partial charge < -0.3 is 11.1 Å². The highest BCUT2D eigenvalue weighted by molar-refractivity contribution is 6.46. The van der Waals surface area contributed by atoms with Crippen LogP contribution in [0.2, 0.25) is 15.1 Å². The van der Waals surface area contributed by atoms with Gasteiger partial charge in [-0.05, 0) is 18.6 Å². The van der Waals surface area contributed by atoms with Crippen molar-refractivity contribution in [2.45, 2.75) is 6.92 Å². The molecule has 0 bridgehead atoms. The molecule has 0 saturated carbocycles. The van der Waals surface area contributed by atoms with Gasteiger partial charge in [0, 0.05) is 0 Å². The summed E-state index contributed by atoms with van der Waals surface area (Å²) in [5.41, 5.74) is 6.11. The summed E-state index contributed by atoms with van der Waals surface area (Å²) in [6, 6.07) is 1.62. The molecule has 0 aliphatic rings. The molecular weight excluding hydrogens is 284 g/mol. The Morgan fingerprint density at radius 2 is 1.82 bits per heavy atom. The zero-order valence-electron chi connectivity index (χ0n) is 8.79. The Kier molecular flexibility index (Phi) is 4.45. The van der Waals surface area contributed by atoms with E-state index in [2.05, 4.69) is 10.6 Å². The lowest BCUT2D eigenvalue weighted by Gasteiger charge is -2.14. The summed E-state index contributed by atoms with van der Waals surface area (Å²) in [7, 11) is 0. The highest BCUT2D eigenvalue weighted by Crippen LogP contribution is 2.38. The smallest absolute Gasteiger partial charge is 0.199 e. The summed E-state index contributed by atoms with van der Waals surface area (Å²) in [4.78, 5) is 0. The van der Waals surface area contributed by atoms with E-state index in [0.717, 1.165) is 5.56 Å². The lowest BCUT2D eigenvalue weighted by molar-refractivity contribution is 1.20. The molecule has 92 valence electrons. The summed E-state index contributed by atoms with van der Waals surface area (Å²) in [5, 5.41) is 20.2. The fourth-order valence-electron chi connectivity index (χ4n) is 1.13. The molecule has 0 spiro atoms. The number of aryl methyl sites for hydroxylation is 1. The number of rotatable bonds is 1. The monoisotopic (exact) mass is 293 g/mol. The Morgan fingerprint density at radius 3 is 2.35 bits per heavy atom. The maximum atomic E-state index is 7.49. The summed E-state index contributed by atoms with van der Waals surface area (Å²) in [6.45, 7) is 1.76. The molecule has 0 atom stereocenters. The molecule has 0 fully saturated rings. The van der Waals surface area contributed by atoms with Gasteiger partial charge in [0.2, 0.25) is 0 Å². The van der Waals surface area contributed by atoms with Crippen LogP contribution in [0.5, 0.6) is 0 Å². The van der Waals surface area contributed by atoms with Crippen molar-refractivity contribution in [2.75, 3.05) is 5.32 Å². The van der Waals surface area contributed by atoms with Crippen molar-refractivity contribution in [2.24, 2.45) is 5.73 Å². The van der Waals surface area contributed by atoms with E-state index in [1.807, 2.05) is 0 Å². The summed E-state index contributed by atoms with van der Waals surface area (Å²) >= 11 is 17.9. The van der Waals surface area contributed by atoms with Gasteiger partial charge in [-0.1, -0.05) is 34.8 Å². The van der Waals surface area contributed by atoms with Gasteiger partial charge in [-0.2, -0.15) is 0 Å². The van der Waals surface area contributed by atoms with Crippen LogP contribution in [-0.4, -0.2) is 11.9 Å². The second-order valence-corrected chi connectivity index (χ2v) is 4.38. The minimum absolute atomic E-state index is 0.206. The van der Waals surface area contributed by atoms with E-state index in [9.17, 15) is 0 Å². The Bertz CT molecular complexity index is 460. The van der Waals surface area contributed by atoms with Crippen LogP contribution in [0.3, 0.4) is 0 Å². The van der Waals surface area contributed by atoms with Crippen molar-refractivity contribution in [3.8, 4) is 0 Å². The second-order valence-electron chi connectivity index (χ2n) is 3.22. The largest absolute Gasteiger partial charge is 0.370 e. The zero-order valence-corrected chi connectivity index (χ0v) is 11.1. The number of guanidine groups is 2. The molecule has 0 aliphatic heterocycles. The molecule has 0 unspecified atom stereocenters. The molecule has 0 aromatic heterocycles.